The van der Waals surface area contributed by atoms with Gasteiger partial charge in [0.2, 0.25) is 5.91 Å². The number of benzene rings is 1. The minimum Gasteiger partial charge on any atom is -0.342 e. The highest BCUT2D eigenvalue weighted by Crippen LogP contribution is 2.33. The van der Waals surface area contributed by atoms with Gasteiger partial charge in [0, 0.05) is 25.1 Å². The highest BCUT2D eigenvalue weighted by Gasteiger charge is 2.44. The largest absolute Gasteiger partial charge is 0.393 e. The first-order chi connectivity index (χ1) is 10.3. The molecule has 0 bridgehead atoms. The molecular weight excluding hydrogens is 305 g/mol. The van der Waals surface area contributed by atoms with E-state index in [0.717, 1.165) is 0 Å². The minimum absolute atomic E-state index is 0.0251. The van der Waals surface area contributed by atoms with Crippen molar-refractivity contribution in [3.8, 4) is 0 Å². The predicted molar refractivity (Wildman–Crippen MR) is 70.5 cm³/mol. The molecule has 1 atom stereocenters. The van der Waals surface area contributed by atoms with Gasteiger partial charge < -0.3 is 4.90 Å². The Balaban J connectivity index is 1.87. The van der Waals surface area contributed by atoms with Gasteiger partial charge >= 0.3 is 6.18 Å². The van der Waals surface area contributed by atoms with Crippen molar-refractivity contribution < 1.29 is 26.7 Å². The molecule has 122 valence electrons. The summed E-state index contributed by atoms with van der Waals surface area (Å²) in [5, 5.41) is 0. The Morgan fingerprint density at radius 1 is 1.32 bits per heavy atom. The smallest absolute Gasteiger partial charge is 0.342 e. The van der Waals surface area contributed by atoms with Gasteiger partial charge in [0.25, 0.3) is 6.43 Å². The predicted octanol–water partition coefficient (Wildman–Crippen LogP) is 3.97. The van der Waals surface area contributed by atoms with Crippen LogP contribution < -0.4 is 0 Å². The van der Waals surface area contributed by atoms with Crippen LogP contribution in [-0.2, 0) is 11.2 Å². The number of alkyl halides is 5. The number of rotatable bonds is 4. The lowest BCUT2D eigenvalue weighted by atomic mass is 10.1. The summed E-state index contributed by atoms with van der Waals surface area (Å²) >= 11 is 0. The molecule has 0 saturated carbocycles. The quantitative estimate of drug-likeness (QED) is 0.769. The van der Waals surface area contributed by atoms with Gasteiger partial charge in [-0.25, -0.2) is 8.78 Å². The zero-order valence-electron chi connectivity index (χ0n) is 11.7. The van der Waals surface area contributed by atoms with E-state index >= 15 is 0 Å². The number of carbonyl (C=O) groups excluding carboxylic acids is 1. The average Bonchev–Trinajstić information content (AvgIpc) is 2.95. The Labute approximate surface area is 124 Å². The summed E-state index contributed by atoms with van der Waals surface area (Å²) in [5.41, 5.74) is 0.459. The van der Waals surface area contributed by atoms with Crippen molar-refractivity contribution in [3.05, 3.63) is 35.4 Å². The van der Waals surface area contributed by atoms with Gasteiger partial charge in [0.1, 0.15) is 0 Å². The standard InChI is InChI=1S/C15H16F5NO/c16-14(17)11-3-1-2-10(8-11)4-5-13(22)21-7-6-12(9-21)15(18,19)20/h1-3,8,12,14H,4-7,9H2/t12-/m1/s1. The number of aryl methyl sites for hydroxylation is 1. The van der Waals surface area contributed by atoms with Crippen LogP contribution in [0.15, 0.2) is 24.3 Å². The normalized spacial score (nSPS) is 19.0. The molecule has 0 spiro atoms. The van der Waals surface area contributed by atoms with E-state index in [0.29, 0.717) is 5.56 Å². The van der Waals surface area contributed by atoms with Crippen molar-refractivity contribution in [1.82, 2.24) is 4.90 Å². The summed E-state index contributed by atoms with van der Waals surface area (Å²) in [6.45, 7) is -0.209. The van der Waals surface area contributed by atoms with Crippen molar-refractivity contribution in [2.45, 2.75) is 31.9 Å². The average molecular weight is 321 g/mol. The SMILES string of the molecule is O=C(CCc1cccc(C(F)F)c1)N1CC[C@@H](C(F)(F)F)C1. The Hall–Kier alpha value is -1.66. The Kier molecular flexibility index (Phi) is 5.03. The molecule has 2 rings (SSSR count). The van der Waals surface area contributed by atoms with Crippen LogP contribution in [0.1, 0.15) is 30.4 Å². The van der Waals surface area contributed by atoms with Gasteiger partial charge in [0.15, 0.2) is 0 Å². The molecule has 1 fully saturated rings. The van der Waals surface area contributed by atoms with Gasteiger partial charge in [-0.2, -0.15) is 13.2 Å². The molecule has 0 unspecified atom stereocenters. The van der Waals surface area contributed by atoms with Crippen molar-refractivity contribution in [2.75, 3.05) is 13.1 Å². The van der Waals surface area contributed by atoms with E-state index in [4.69, 9.17) is 0 Å². The molecule has 1 aromatic carbocycles. The lowest BCUT2D eigenvalue weighted by Gasteiger charge is -2.18. The van der Waals surface area contributed by atoms with Crippen LogP contribution in [0, 0.1) is 5.92 Å². The maximum absolute atomic E-state index is 12.6. The van der Waals surface area contributed by atoms with Crippen LogP contribution in [0.4, 0.5) is 22.0 Å². The van der Waals surface area contributed by atoms with Crippen LogP contribution in [0.3, 0.4) is 0 Å². The molecular formula is C15H16F5NO. The first-order valence-corrected chi connectivity index (χ1v) is 6.99. The maximum Gasteiger partial charge on any atom is 0.393 e. The topological polar surface area (TPSA) is 20.3 Å². The lowest BCUT2D eigenvalue weighted by Crippen LogP contribution is -2.32. The monoisotopic (exact) mass is 321 g/mol. The number of hydrogen-bond donors (Lipinski definition) is 0. The third-order valence-electron chi connectivity index (χ3n) is 3.83. The molecule has 0 radical (unpaired) electrons. The number of likely N-dealkylation sites (tertiary alicyclic amines) is 1. The molecule has 0 N–H and O–H groups in total. The summed E-state index contributed by atoms with van der Waals surface area (Å²) in [6, 6.07) is 5.73. The second-order valence-corrected chi connectivity index (χ2v) is 5.41. The molecule has 1 aromatic rings. The number of halogens is 5. The van der Waals surface area contributed by atoms with Gasteiger partial charge in [-0.05, 0) is 18.4 Å². The fraction of sp³-hybridized carbons (Fsp3) is 0.533. The Bertz CT molecular complexity index is 529. The molecule has 2 nitrogen and oxygen atoms in total. The fourth-order valence-electron chi connectivity index (χ4n) is 2.55. The van der Waals surface area contributed by atoms with Gasteiger partial charge in [-0.3, -0.25) is 4.79 Å². The van der Waals surface area contributed by atoms with E-state index < -0.39 is 18.5 Å². The molecule has 0 aliphatic carbocycles. The molecule has 1 aliphatic heterocycles. The first-order valence-electron chi connectivity index (χ1n) is 6.99. The van der Waals surface area contributed by atoms with Crippen LogP contribution in [-0.4, -0.2) is 30.1 Å². The van der Waals surface area contributed by atoms with Gasteiger partial charge in [-0.1, -0.05) is 24.3 Å². The molecule has 1 saturated heterocycles. The van der Waals surface area contributed by atoms with Crippen LogP contribution in [0.5, 0.6) is 0 Å². The molecule has 1 amide bonds. The van der Waals surface area contributed by atoms with E-state index in [2.05, 4.69) is 0 Å². The number of carbonyl (C=O) groups is 1. The van der Waals surface area contributed by atoms with Crippen LogP contribution in [0.25, 0.3) is 0 Å². The van der Waals surface area contributed by atoms with Gasteiger partial charge in [-0.15, -0.1) is 0 Å². The van der Waals surface area contributed by atoms with E-state index in [1.165, 1.54) is 23.1 Å². The highest BCUT2D eigenvalue weighted by molar-refractivity contribution is 5.76. The summed E-state index contributed by atoms with van der Waals surface area (Å²) in [6.07, 6.45) is -6.66. The van der Waals surface area contributed by atoms with E-state index in [1.807, 2.05) is 0 Å². The number of nitrogens with zero attached hydrogens (tertiary/aromatic N) is 1. The summed E-state index contributed by atoms with van der Waals surface area (Å²) in [7, 11) is 0. The zero-order valence-corrected chi connectivity index (χ0v) is 11.7. The van der Waals surface area contributed by atoms with E-state index in [9.17, 15) is 26.7 Å². The summed E-state index contributed by atoms with van der Waals surface area (Å²) in [5.74, 6) is -1.83. The summed E-state index contributed by atoms with van der Waals surface area (Å²) in [4.78, 5) is 13.1. The van der Waals surface area contributed by atoms with Crippen LogP contribution >= 0.6 is 0 Å². The van der Waals surface area contributed by atoms with E-state index in [-0.39, 0.29) is 43.8 Å². The first kappa shape index (κ1) is 16.7. The van der Waals surface area contributed by atoms with Crippen molar-refractivity contribution in [2.24, 2.45) is 5.92 Å². The van der Waals surface area contributed by atoms with Crippen molar-refractivity contribution in [3.63, 3.8) is 0 Å². The molecule has 1 aliphatic rings. The highest BCUT2D eigenvalue weighted by atomic mass is 19.4. The Morgan fingerprint density at radius 2 is 2.05 bits per heavy atom. The maximum atomic E-state index is 12.6. The lowest BCUT2D eigenvalue weighted by molar-refractivity contribution is -0.171. The second kappa shape index (κ2) is 6.62. The number of hydrogen-bond acceptors (Lipinski definition) is 1. The molecule has 0 aromatic heterocycles. The zero-order chi connectivity index (χ0) is 16.3. The second-order valence-electron chi connectivity index (χ2n) is 5.41. The number of amides is 1. The Morgan fingerprint density at radius 3 is 2.64 bits per heavy atom. The fourth-order valence-corrected chi connectivity index (χ4v) is 2.55. The summed E-state index contributed by atoms with van der Waals surface area (Å²) < 4.78 is 62.8. The molecule has 7 heteroatoms. The van der Waals surface area contributed by atoms with Gasteiger partial charge in [0.05, 0.1) is 5.92 Å². The third-order valence-corrected chi connectivity index (χ3v) is 3.83. The van der Waals surface area contributed by atoms with E-state index in [1.54, 1.807) is 6.07 Å². The third kappa shape index (κ3) is 4.18. The van der Waals surface area contributed by atoms with Crippen molar-refractivity contribution >= 4 is 5.91 Å². The van der Waals surface area contributed by atoms with Crippen molar-refractivity contribution in [1.29, 1.82) is 0 Å². The molecule has 22 heavy (non-hydrogen) atoms. The van der Waals surface area contributed by atoms with Crippen LogP contribution in [0.2, 0.25) is 0 Å². The molecule has 1 heterocycles. The minimum atomic E-state index is -4.28.